The summed E-state index contributed by atoms with van der Waals surface area (Å²) in [5.74, 6) is 0.215. The molecular weight excluding hydrogens is 242 g/mol. The first-order valence-electron chi connectivity index (χ1n) is 6.54. The van der Waals surface area contributed by atoms with Gasteiger partial charge in [0.25, 0.3) is 0 Å². The summed E-state index contributed by atoms with van der Waals surface area (Å²) in [7, 11) is 0. The van der Waals surface area contributed by atoms with Crippen LogP contribution in [0, 0.1) is 11.8 Å². The highest BCUT2D eigenvalue weighted by Gasteiger charge is 2.20. The van der Waals surface area contributed by atoms with Crippen LogP contribution in [0.4, 0.5) is 0 Å². The van der Waals surface area contributed by atoms with Crippen molar-refractivity contribution in [2.45, 2.75) is 60.5 Å². The minimum absolute atomic E-state index is 0. The SMILES string of the molecule is C.CC(=O)N[C@@H](C)[C@@H](N)C[C@@H](C)C(=O)NCC(C)C. The fraction of sp³-hybridized carbons (Fsp3) is 0.857. The smallest absolute Gasteiger partial charge is 0.222 e. The van der Waals surface area contributed by atoms with Crippen molar-refractivity contribution in [2.75, 3.05) is 6.54 Å². The van der Waals surface area contributed by atoms with Crippen molar-refractivity contribution < 1.29 is 9.59 Å². The van der Waals surface area contributed by atoms with Gasteiger partial charge in [0.1, 0.15) is 0 Å². The molecule has 0 saturated carbocycles. The van der Waals surface area contributed by atoms with Crippen LogP contribution in [0.15, 0.2) is 0 Å². The Morgan fingerprint density at radius 3 is 2.11 bits per heavy atom. The number of hydrogen-bond donors (Lipinski definition) is 3. The van der Waals surface area contributed by atoms with E-state index in [1.165, 1.54) is 6.92 Å². The van der Waals surface area contributed by atoms with E-state index in [1.54, 1.807) is 0 Å². The highest BCUT2D eigenvalue weighted by Crippen LogP contribution is 2.08. The third kappa shape index (κ3) is 9.47. The van der Waals surface area contributed by atoms with Crippen molar-refractivity contribution in [2.24, 2.45) is 17.6 Å². The van der Waals surface area contributed by atoms with Gasteiger partial charge < -0.3 is 16.4 Å². The van der Waals surface area contributed by atoms with Crippen LogP contribution in [0.25, 0.3) is 0 Å². The van der Waals surface area contributed by atoms with Gasteiger partial charge in [0.2, 0.25) is 11.8 Å². The molecule has 0 aliphatic carbocycles. The summed E-state index contributed by atoms with van der Waals surface area (Å²) in [6.45, 7) is 9.95. The lowest BCUT2D eigenvalue weighted by atomic mass is 9.97. The van der Waals surface area contributed by atoms with Crippen molar-refractivity contribution in [3.63, 3.8) is 0 Å². The van der Waals surface area contributed by atoms with Crippen LogP contribution in [0.3, 0.4) is 0 Å². The van der Waals surface area contributed by atoms with E-state index in [0.717, 1.165) is 0 Å². The van der Waals surface area contributed by atoms with Crippen LogP contribution in [0.2, 0.25) is 0 Å². The van der Waals surface area contributed by atoms with Gasteiger partial charge >= 0.3 is 0 Å². The van der Waals surface area contributed by atoms with E-state index in [4.69, 9.17) is 5.73 Å². The van der Waals surface area contributed by atoms with E-state index in [-0.39, 0.29) is 37.2 Å². The number of hydrogen-bond acceptors (Lipinski definition) is 3. The molecule has 0 unspecified atom stereocenters. The monoisotopic (exact) mass is 273 g/mol. The van der Waals surface area contributed by atoms with Gasteiger partial charge in [-0.3, -0.25) is 9.59 Å². The van der Waals surface area contributed by atoms with Crippen LogP contribution in [0.1, 0.15) is 48.5 Å². The van der Waals surface area contributed by atoms with Gasteiger partial charge in [0.15, 0.2) is 0 Å². The van der Waals surface area contributed by atoms with Gasteiger partial charge in [-0.2, -0.15) is 0 Å². The maximum Gasteiger partial charge on any atom is 0.222 e. The third-order valence-corrected chi connectivity index (χ3v) is 2.83. The molecule has 0 saturated heterocycles. The molecule has 0 aliphatic rings. The predicted octanol–water partition coefficient (Wildman–Crippen LogP) is 1.27. The predicted molar refractivity (Wildman–Crippen MR) is 79.6 cm³/mol. The molecule has 0 heterocycles. The number of rotatable bonds is 7. The Balaban J connectivity index is 0. The average molecular weight is 273 g/mol. The summed E-state index contributed by atoms with van der Waals surface area (Å²) in [6.07, 6.45) is 0.561. The Morgan fingerprint density at radius 2 is 1.68 bits per heavy atom. The van der Waals surface area contributed by atoms with Gasteiger partial charge in [-0.25, -0.2) is 0 Å². The molecule has 0 bridgehead atoms. The van der Waals surface area contributed by atoms with Crippen LogP contribution >= 0.6 is 0 Å². The lowest BCUT2D eigenvalue weighted by Crippen LogP contribution is -2.47. The topological polar surface area (TPSA) is 84.2 Å². The molecule has 0 spiro atoms. The van der Waals surface area contributed by atoms with E-state index in [9.17, 15) is 9.59 Å². The first kappa shape index (κ1) is 20.2. The molecule has 0 rings (SSSR count). The van der Waals surface area contributed by atoms with Gasteiger partial charge in [-0.05, 0) is 19.3 Å². The molecule has 0 aliphatic heterocycles. The number of amides is 2. The summed E-state index contributed by atoms with van der Waals surface area (Å²) in [6, 6.07) is -0.337. The third-order valence-electron chi connectivity index (χ3n) is 2.83. The second-order valence-corrected chi connectivity index (χ2v) is 5.43. The number of nitrogens with one attached hydrogen (secondary N) is 2. The van der Waals surface area contributed by atoms with Gasteiger partial charge in [-0.15, -0.1) is 0 Å². The van der Waals surface area contributed by atoms with Crippen molar-refractivity contribution in [1.82, 2.24) is 10.6 Å². The Labute approximate surface area is 117 Å². The van der Waals surface area contributed by atoms with Crippen LogP contribution in [-0.4, -0.2) is 30.4 Å². The molecular formula is C14H31N3O2. The number of carbonyl (C=O) groups is 2. The molecule has 0 radical (unpaired) electrons. The van der Waals surface area contributed by atoms with Crippen LogP contribution in [0.5, 0.6) is 0 Å². The van der Waals surface area contributed by atoms with Crippen molar-refractivity contribution in [3.05, 3.63) is 0 Å². The molecule has 114 valence electrons. The first-order valence-corrected chi connectivity index (χ1v) is 6.54. The zero-order chi connectivity index (χ0) is 14.3. The standard InChI is InChI=1S/C13H27N3O2.CH4/c1-8(2)7-15-13(18)9(3)6-12(14)10(4)16-11(5)17;/h8-10,12H,6-7,14H2,1-5H3,(H,15,18)(H,16,17);1H4/t9-,10+,12+;/m1./s1. The highest BCUT2D eigenvalue weighted by molar-refractivity contribution is 5.78. The number of nitrogens with two attached hydrogens (primary N) is 1. The zero-order valence-corrected chi connectivity index (χ0v) is 12.1. The maximum atomic E-state index is 11.8. The second kappa shape index (κ2) is 9.78. The maximum absolute atomic E-state index is 11.8. The Morgan fingerprint density at radius 1 is 1.16 bits per heavy atom. The molecule has 3 atom stereocenters. The first-order chi connectivity index (χ1) is 8.23. The van der Waals surface area contributed by atoms with Gasteiger partial charge in [-0.1, -0.05) is 28.2 Å². The van der Waals surface area contributed by atoms with Gasteiger partial charge in [0.05, 0.1) is 0 Å². The molecule has 5 heteroatoms. The molecule has 0 aromatic heterocycles. The van der Waals surface area contributed by atoms with E-state index < -0.39 is 0 Å². The minimum Gasteiger partial charge on any atom is -0.356 e. The zero-order valence-electron chi connectivity index (χ0n) is 12.1. The molecule has 0 fully saturated rings. The normalized spacial score (nSPS) is 15.1. The van der Waals surface area contributed by atoms with Crippen LogP contribution < -0.4 is 16.4 Å². The summed E-state index contributed by atoms with van der Waals surface area (Å²) in [5, 5.41) is 5.63. The minimum atomic E-state index is -0.214. The number of carbonyl (C=O) groups excluding carboxylic acids is 2. The van der Waals surface area contributed by atoms with E-state index in [0.29, 0.717) is 18.9 Å². The van der Waals surface area contributed by atoms with E-state index in [2.05, 4.69) is 24.5 Å². The summed E-state index contributed by atoms with van der Waals surface area (Å²) in [5.41, 5.74) is 5.97. The Bertz CT molecular complexity index is 280. The van der Waals surface area contributed by atoms with Crippen LogP contribution in [-0.2, 0) is 9.59 Å². The largest absolute Gasteiger partial charge is 0.356 e. The van der Waals surface area contributed by atoms with Gasteiger partial charge in [0, 0.05) is 31.5 Å². The summed E-state index contributed by atoms with van der Waals surface area (Å²) < 4.78 is 0. The molecule has 0 aromatic rings. The molecule has 2 amide bonds. The molecule has 4 N–H and O–H groups in total. The van der Waals surface area contributed by atoms with Crippen molar-refractivity contribution in [1.29, 1.82) is 0 Å². The fourth-order valence-corrected chi connectivity index (χ4v) is 1.63. The Kier molecular flexibility index (Phi) is 10.4. The second-order valence-electron chi connectivity index (χ2n) is 5.43. The van der Waals surface area contributed by atoms with E-state index in [1.807, 2.05) is 13.8 Å². The lowest BCUT2D eigenvalue weighted by Gasteiger charge is -2.23. The quantitative estimate of drug-likeness (QED) is 0.653. The summed E-state index contributed by atoms with van der Waals surface area (Å²) in [4.78, 5) is 22.7. The van der Waals surface area contributed by atoms with E-state index >= 15 is 0 Å². The Hall–Kier alpha value is -1.10. The molecule has 0 aromatic carbocycles. The highest BCUT2D eigenvalue weighted by atomic mass is 16.2. The lowest BCUT2D eigenvalue weighted by molar-refractivity contribution is -0.125. The fourth-order valence-electron chi connectivity index (χ4n) is 1.63. The molecule has 19 heavy (non-hydrogen) atoms. The molecule has 5 nitrogen and oxygen atoms in total. The van der Waals surface area contributed by atoms with Crippen molar-refractivity contribution in [3.8, 4) is 0 Å². The summed E-state index contributed by atoms with van der Waals surface area (Å²) >= 11 is 0. The van der Waals surface area contributed by atoms with Crippen molar-refractivity contribution >= 4 is 11.8 Å². The average Bonchev–Trinajstić information content (AvgIpc) is 2.24.